The molecule has 1 aromatic carbocycles. The van der Waals surface area contributed by atoms with Gasteiger partial charge in [-0.15, -0.1) is 0 Å². The van der Waals surface area contributed by atoms with Crippen molar-refractivity contribution in [3.05, 3.63) is 31.2 Å². The average molecular weight is 475 g/mol. The van der Waals surface area contributed by atoms with Crippen LogP contribution in [-0.4, -0.2) is 20.1 Å². The smallest absolute Gasteiger partial charge is 0.240 e. The number of hydrogen-bond acceptors (Lipinski definition) is 3. The molecule has 6 heteroatoms. The van der Waals surface area contributed by atoms with Crippen LogP contribution in [0.15, 0.2) is 29.2 Å². The SMILES string of the molecule is [CH2-][C@H](C)CNS(=O)(=O)c1cccc(O)c1.[Cm]. The molecule has 16 heavy (non-hydrogen) atoms. The predicted octanol–water partition coefficient (Wildman–Crippen LogP) is 1.14. The van der Waals surface area contributed by atoms with Gasteiger partial charge in [0.05, 0.1) is 4.90 Å². The van der Waals surface area contributed by atoms with Crippen molar-refractivity contribution in [1.82, 2.24) is 4.72 Å². The Morgan fingerprint density at radius 2 is 2.12 bits per heavy atom. The van der Waals surface area contributed by atoms with Gasteiger partial charge in [-0.25, -0.2) is 13.1 Å². The second kappa shape index (κ2) is 5.14. The first kappa shape index (κ1) is 13.9. The fourth-order valence-electron chi connectivity index (χ4n) is 0.986. The number of phenols is 1. The van der Waals surface area contributed by atoms with Crippen LogP contribution in [0.1, 0.15) is 6.92 Å². The van der Waals surface area contributed by atoms with E-state index < -0.39 is 10.0 Å². The molecule has 0 spiro atoms. The van der Waals surface area contributed by atoms with Crippen molar-refractivity contribution >= 4 is 10.0 Å². The molecule has 0 fully saturated rings. The molecule has 0 saturated carbocycles. The Morgan fingerprint density at radius 3 is 2.62 bits per heavy atom. The van der Waals surface area contributed by atoms with Crippen molar-refractivity contribution < 1.29 is 13.5 Å². The molecule has 2 N–H and O–H groups in total. The van der Waals surface area contributed by atoms with Gasteiger partial charge < -0.3 is 12.0 Å². The quantitative estimate of drug-likeness (QED) is 0.643. The molecule has 0 heterocycles. The molecule has 0 amide bonds. The summed E-state index contributed by atoms with van der Waals surface area (Å²) in [4.78, 5) is 0.0585. The van der Waals surface area contributed by atoms with E-state index in [1.807, 2.05) is 6.92 Å². The first-order chi connectivity index (χ1) is 6.92. The molecule has 0 radical (unpaired) electrons. The van der Waals surface area contributed by atoms with Crippen molar-refractivity contribution in [2.75, 3.05) is 6.54 Å². The molecule has 4 nitrogen and oxygen atoms in total. The zero-order valence-electron chi connectivity index (χ0n) is 8.83. The van der Waals surface area contributed by atoms with Crippen LogP contribution in [0.25, 0.3) is 0 Å². The minimum atomic E-state index is -3.53. The molecule has 1 rings (SSSR count). The summed E-state index contributed by atoms with van der Waals surface area (Å²) in [5.74, 6) is -0.0716. The van der Waals surface area contributed by atoms with Gasteiger partial charge in [0.1, 0.15) is 5.75 Å². The minimum Gasteiger partial charge on any atom is -0.508 e. The maximum atomic E-state index is 11.6. The third kappa shape index (κ3) is 3.59. The van der Waals surface area contributed by atoms with Crippen molar-refractivity contribution in [1.29, 1.82) is 0 Å². The van der Waals surface area contributed by atoms with Crippen LogP contribution in [0.2, 0.25) is 0 Å². The van der Waals surface area contributed by atoms with Gasteiger partial charge in [-0.3, -0.25) is 0 Å². The molecule has 0 aliphatic heterocycles. The molecule has 1 atom stereocenters. The normalized spacial score (nSPS) is 12.9. The fraction of sp³-hybridized carbons (Fsp3) is 0.300. The minimum absolute atomic E-state index is 0. The summed E-state index contributed by atoms with van der Waals surface area (Å²) in [5.41, 5.74) is 0. The van der Waals surface area contributed by atoms with E-state index in [0.717, 1.165) is 0 Å². The number of benzene rings is 1. The van der Waals surface area contributed by atoms with Gasteiger partial charge in [-0.05, 0) is 24.7 Å². The van der Waals surface area contributed by atoms with E-state index in [2.05, 4.69) is 11.6 Å². The molecular formula is C10H14CmNO3S-. The summed E-state index contributed by atoms with van der Waals surface area (Å²) in [5, 5.41) is 9.15. The van der Waals surface area contributed by atoms with E-state index in [9.17, 15) is 8.42 Å². The third-order valence-corrected chi connectivity index (χ3v) is 3.17. The second-order valence-corrected chi connectivity index (χ2v) is 5.22. The van der Waals surface area contributed by atoms with E-state index in [1.165, 1.54) is 24.3 Å². The van der Waals surface area contributed by atoms with E-state index in [0.29, 0.717) is 0 Å². The van der Waals surface area contributed by atoms with E-state index in [-0.39, 0.29) is 23.1 Å². The largest absolute Gasteiger partial charge is 0.508 e. The average Bonchev–Trinajstić information content (AvgIpc) is 2.15. The van der Waals surface area contributed by atoms with Crippen molar-refractivity contribution in [3.63, 3.8) is 0 Å². The van der Waals surface area contributed by atoms with Gasteiger partial charge in [0, 0.05) is 0 Å². The Balaban J connectivity index is 0.00000225. The Hall–Kier alpha value is -2.07. The molecule has 0 unspecified atom stereocenters. The Morgan fingerprint density at radius 1 is 1.50 bits per heavy atom. The summed E-state index contributed by atoms with van der Waals surface area (Å²) in [6.07, 6.45) is 0. The molecule has 92 valence electrons. The third-order valence-electron chi connectivity index (χ3n) is 1.75. The molecule has 0 saturated heterocycles. The zero-order chi connectivity index (χ0) is 11.5. The number of aromatic hydroxyl groups is 1. The molecule has 1 aromatic rings. The Labute approximate surface area is 90.0 Å². The van der Waals surface area contributed by atoms with Gasteiger partial charge in [-0.1, -0.05) is 13.0 Å². The van der Waals surface area contributed by atoms with Crippen molar-refractivity contribution in [3.8, 4) is 5.75 Å². The number of phenolic OH excluding ortho intramolecular Hbond substituents is 1. The van der Waals surface area contributed by atoms with Crippen LogP contribution >= 0.6 is 0 Å². The Kier molecular flexibility index (Phi) is 4.47. The molecular weight excluding hydrogens is 461 g/mol. The van der Waals surface area contributed by atoms with Crippen LogP contribution in [0.3, 0.4) is 0 Å². The van der Waals surface area contributed by atoms with E-state index in [4.69, 9.17) is 5.11 Å². The fourth-order valence-corrected chi connectivity index (χ4v) is 2.19. The summed E-state index contributed by atoms with van der Waals surface area (Å²) in [6.45, 7) is 5.76. The number of rotatable bonds is 4. The Bertz CT molecular complexity index is 431. The second-order valence-electron chi connectivity index (χ2n) is 3.45. The van der Waals surface area contributed by atoms with Crippen LogP contribution in [0.4, 0.5) is 0 Å². The summed E-state index contributed by atoms with van der Waals surface area (Å²) in [7, 11) is -3.53. The number of nitrogens with one attached hydrogen (secondary N) is 1. The number of hydrogen-bond donors (Lipinski definition) is 2. The van der Waals surface area contributed by atoms with Gasteiger partial charge in [0.25, 0.3) is 0 Å². The summed E-state index contributed by atoms with van der Waals surface area (Å²) in [6, 6.07) is 5.53. The first-order valence-corrected chi connectivity index (χ1v) is 6.02. The monoisotopic (exact) mass is 471 g/mol. The van der Waals surface area contributed by atoms with Gasteiger partial charge in [-0.2, -0.15) is 5.92 Å². The molecule has 0 bridgehead atoms. The maximum Gasteiger partial charge on any atom is 0.240 e. The zero-order valence-corrected chi connectivity index (χ0v) is 12.6. The van der Waals surface area contributed by atoms with Gasteiger partial charge in [0.2, 0.25) is 10.0 Å². The van der Waals surface area contributed by atoms with E-state index >= 15 is 0 Å². The topological polar surface area (TPSA) is 66.4 Å². The van der Waals surface area contributed by atoms with Crippen LogP contribution < -0.4 is 4.72 Å². The van der Waals surface area contributed by atoms with Crippen molar-refractivity contribution in [2.24, 2.45) is 5.92 Å². The molecule has 0 aliphatic carbocycles. The summed E-state index contributed by atoms with van der Waals surface area (Å²) >= 11 is 0. The first-order valence-electron chi connectivity index (χ1n) is 4.53. The van der Waals surface area contributed by atoms with Gasteiger partial charge in [0.15, 0.2) is 0 Å². The van der Waals surface area contributed by atoms with Gasteiger partial charge >= 0.3 is 0 Å². The number of sulfonamides is 1. The van der Waals surface area contributed by atoms with Crippen molar-refractivity contribution in [2.45, 2.75) is 11.8 Å². The standard InChI is InChI=1S/C10H14NO3S.Cm/c1-8(2)7-11-15(13,14)10-5-3-4-9(12)6-10;/h3-6,8,11-12H,1,7H2,2H3;/q-1;/t8-;/m1./s1. The van der Waals surface area contributed by atoms with Crippen LogP contribution in [0.5, 0.6) is 5.75 Å². The maximum absolute atomic E-state index is 11.6. The molecule has 0 aromatic heterocycles. The molecule has 0 aliphatic rings. The van der Waals surface area contributed by atoms with Crippen LogP contribution in [-0.2, 0) is 10.0 Å². The van der Waals surface area contributed by atoms with E-state index in [1.54, 1.807) is 0 Å². The van der Waals surface area contributed by atoms with Crippen LogP contribution in [0, 0.1) is 12.8 Å². The predicted molar refractivity (Wildman–Crippen MR) is 57.8 cm³/mol. The summed E-state index contributed by atoms with van der Waals surface area (Å²) < 4.78 is 25.7.